The lowest BCUT2D eigenvalue weighted by molar-refractivity contribution is -0.167. The van der Waals surface area contributed by atoms with Gasteiger partial charge in [0.05, 0.1) is 0 Å². The maximum atomic E-state index is 12.9. The number of unbranched alkanes of at least 4 members (excludes halogenated alkanes) is 35. The predicted octanol–water partition coefficient (Wildman–Crippen LogP) is 24.6. The molecule has 83 heavy (non-hydrogen) atoms. The Balaban J connectivity index is 4.38. The molecule has 0 aliphatic carbocycles. The topological polar surface area (TPSA) is 78.9 Å². The Labute approximate surface area is 514 Å². The molecule has 0 aliphatic heterocycles. The normalized spacial score (nSPS) is 12.8. The molecule has 1 unspecified atom stereocenters. The van der Waals surface area contributed by atoms with Gasteiger partial charge < -0.3 is 14.2 Å². The van der Waals surface area contributed by atoms with Gasteiger partial charge in [-0.2, -0.15) is 0 Å². The zero-order valence-electron chi connectivity index (χ0n) is 54.7. The zero-order chi connectivity index (χ0) is 59.9. The summed E-state index contributed by atoms with van der Waals surface area (Å²) in [6.45, 7) is 6.55. The number of allylic oxidation sites excluding steroid dienone is 18. The standard InChI is InChI=1S/C77H132O6/c1-4-7-10-13-16-19-22-25-28-31-32-33-34-35-36-37-38-39-40-41-42-43-44-47-49-52-55-58-61-64-67-70-76(79)82-73-74(83-77(80)71-68-65-62-59-56-53-50-46-30-27-24-21-18-15-12-9-6-3)72-81-75(78)69-66-63-60-57-54-51-48-45-29-26-23-20-17-14-11-8-5-2/h7,10,16,19,25,28,32-33,35-36,38-39,41-42,44,47,52,55,74H,4-6,8-9,11-15,17-18,20-24,26-27,29-31,34,37,40,43,45-46,48-51,53-54,56-73H2,1-3H3/b10-7-,19-16-,28-25-,33-32-,36-35-,39-38-,42-41-,47-44-,55-52-. The second kappa shape index (κ2) is 70.6. The van der Waals surface area contributed by atoms with Gasteiger partial charge in [0.15, 0.2) is 6.10 Å². The molecular weight excluding hydrogens is 1020 g/mol. The van der Waals surface area contributed by atoms with Gasteiger partial charge in [0.1, 0.15) is 13.2 Å². The number of rotatable bonds is 64. The molecule has 0 fully saturated rings. The highest BCUT2D eigenvalue weighted by molar-refractivity contribution is 5.71. The third-order valence-electron chi connectivity index (χ3n) is 15.3. The highest BCUT2D eigenvalue weighted by Gasteiger charge is 2.19. The van der Waals surface area contributed by atoms with E-state index in [0.717, 1.165) is 122 Å². The van der Waals surface area contributed by atoms with Crippen molar-refractivity contribution in [1.29, 1.82) is 0 Å². The van der Waals surface area contributed by atoms with E-state index in [1.807, 2.05) is 0 Å². The van der Waals surface area contributed by atoms with Crippen molar-refractivity contribution in [3.63, 3.8) is 0 Å². The first kappa shape index (κ1) is 79.1. The summed E-state index contributed by atoms with van der Waals surface area (Å²) >= 11 is 0. The van der Waals surface area contributed by atoms with Crippen LogP contribution in [0.5, 0.6) is 0 Å². The average molecular weight is 1150 g/mol. The van der Waals surface area contributed by atoms with Crippen molar-refractivity contribution >= 4 is 17.9 Å². The number of hydrogen-bond donors (Lipinski definition) is 0. The second-order valence-electron chi connectivity index (χ2n) is 23.4. The molecule has 0 aliphatic rings. The average Bonchev–Trinajstić information content (AvgIpc) is 3.49. The van der Waals surface area contributed by atoms with E-state index in [2.05, 4.69) is 130 Å². The molecule has 0 bridgehead atoms. The van der Waals surface area contributed by atoms with Crippen LogP contribution < -0.4 is 0 Å². The maximum Gasteiger partial charge on any atom is 0.306 e. The Bertz CT molecular complexity index is 1660. The van der Waals surface area contributed by atoms with Crippen molar-refractivity contribution in [2.75, 3.05) is 13.2 Å². The van der Waals surface area contributed by atoms with Gasteiger partial charge in [-0.05, 0) is 89.9 Å². The molecule has 0 amide bonds. The minimum atomic E-state index is -0.791. The first-order chi connectivity index (χ1) is 41.0. The molecule has 6 nitrogen and oxygen atoms in total. The van der Waals surface area contributed by atoms with Gasteiger partial charge in [-0.1, -0.05) is 342 Å². The summed E-state index contributed by atoms with van der Waals surface area (Å²) in [5.74, 6) is -0.900. The third-order valence-corrected chi connectivity index (χ3v) is 15.3. The summed E-state index contributed by atoms with van der Waals surface area (Å²) in [5.41, 5.74) is 0. The Kier molecular flexibility index (Phi) is 67.2. The van der Waals surface area contributed by atoms with Crippen LogP contribution in [0, 0.1) is 0 Å². The van der Waals surface area contributed by atoms with Crippen LogP contribution in [0.2, 0.25) is 0 Å². The van der Waals surface area contributed by atoms with E-state index in [1.54, 1.807) is 0 Å². The van der Waals surface area contributed by atoms with Gasteiger partial charge in [-0.15, -0.1) is 0 Å². The van der Waals surface area contributed by atoms with Crippen LogP contribution in [0.4, 0.5) is 0 Å². The minimum Gasteiger partial charge on any atom is -0.462 e. The van der Waals surface area contributed by atoms with Crippen molar-refractivity contribution in [3.05, 3.63) is 109 Å². The van der Waals surface area contributed by atoms with E-state index in [1.165, 1.54) is 180 Å². The Morgan fingerprint density at radius 1 is 0.253 bits per heavy atom. The molecular formula is C77H132O6. The van der Waals surface area contributed by atoms with Crippen LogP contribution in [-0.2, 0) is 28.6 Å². The Morgan fingerprint density at radius 2 is 0.470 bits per heavy atom. The Hall–Kier alpha value is -3.93. The number of ether oxygens (including phenoxy) is 3. The molecule has 0 aromatic carbocycles. The fraction of sp³-hybridized carbons (Fsp3) is 0.727. The zero-order valence-corrected chi connectivity index (χ0v) is 54.7. The summed E-state index contributed by atoms with van der Waals surface area (Å²) in [5, 5.41) is 0. The second-order valence-corrected chi connectivity index (χ2v) is 23.4. The fourth-order valence-corrected chi connectivity index (χ4v) is 10.0. The van der Waals surface area contributed by atoms with Crippen molar-refractivity contribution in [2.24, 2.45) is 0 Å². The highest BCUT2D eigenvalue weighted by atomic mass is 16.6. The quantitative estimate of drug-likeness (QED) is 0.0261. The van der Waals surface area contributed by atoms with Gasteiger partial charge in [0.2, 0.25) is 0 Å². The lowest BCUT2D eigenvalue weighted by Crippen LogP contribution is -2.30. The SMILES string of the molecule is CC/C=C\C/C=C\C/C=C\C/C=C\C/C=C\C/C=C\C/C=C\C/C=C\C/C=C\CCCCCC(=O)OCC(COC(=O)CCCCCCCCCCCCCCCCCCC)OC(=O)CCCCCCCCCCCCCCCCCCC. The number of hydrogen-bond acceptors (Lipinski definition) is 6. The van der Waals surface area contributed by atoms with Gasteiger partial charge in [-0.3, -0.25) is 14.4 Å². The van der Waals surface area contributed by atoms with Gasteiger partial charge >= 0.3 is 17.9 Å². The van der Waals surface area contributed by atoms with Crippen molar-refractivity contribution in [1.82, 2.24) is 0 Å². The Morgan fingerprint density at radius 3 is 0.735 bits per heavy atom. The fourth-order valence-electron chi connectivity index (χ4n) is 10.0. The monoisotopic (exact) mass is 1150 g/mol. The van der Waals surface area contributed by atoms with Crippen LogP contribution in [0.25, 0.3) is 0 Å². The number of carbonyl (C=O) groups is 3. The molecule has 0 rings (SSSR count). The first-order valence-corrected chi connectivity index (χ1v) is 35.4. The third kappa shape index (κ3) is 68.7. The summed E-state index contributed by atoms with van der Waals surface area (Å²) in [6, 6.07) is 0. The van der Waals surface area contributed by atoms with Crippen molar-refractivity contribution < 1.29 is 28.6 Å². The number of esters is 3. The molecule has 1 atom stereocenters. The molecule has 476 valence electrons. The summed E-state index contributed by atoms with van der Waals surface area (Å²) < 4.78 is 17.0. The summed E-state index contributed by atoms with van der Waals surface area (Å²) in [4.78, 5) is 38.4. The van der Waals surface area contributed by atoms with Crippen molar-refractivity contribution in [2.45, 2.75) is 348 Å². The van der Waals surface area contributed by atoms with Crippen LogP contribution in [-0.4, -0.2) is 37.2 Å². The molecule has 0 aromatic rings. The molecule has 6 heteroatoms. The number of carbonyl (C=O) groups excluding carboxylic acids is 3. The summed E-state index contributed by atoms with van der Waals surface area (Å²) in [7, 11) is 0. The molecule has 0 radical (unpaired) electrons. The first-order valence-electron chi connectivity index (χ1n) is 35.4. The molecule has 0 heterocycles. The van der Waals surface area contributed by atoms with E-state index in [0.29, 0.717) is 19.3 Å². The van der Waals surface area contributed by atoms with E-state index in [4.69, 9.17) is 14.2 Å². The molecule has 0 saturated carbocycles. The molecule has 0 aromatic heterocycles. The van der Waals surface area contributed by atoms with Crippen LogP contribution >= 0.6 is 0 Å². The van der Waals surface area contributed by atoms with Gasteiger partial charge in [0.25, 0.3) is 0 Å². The van der Waals surface area contributed by atoms with E-state index < -0.39 is 6.10 Å². The largest absolute Gasteiger partial charge is 0.462 e. The van der Waals surface area contributed by atoms with Crippen LogP contribution in [0.3, 0.4) is 0 Å². The maximum absolute atomic E-state index is 12.9. The summed E-state index contributed by atoms with van der Waals surface area (Å²) in [6.07, 6.45) is 96.8. The molecule has 0 N–H and O–H groups in total. The van der Waals surface area contributed by atoms with Crippen LogP contribution in [0.15, 0.2) is 109 Å². The van der Waals surface area contributed by atoms with E-state index >= 15 is 0 Å². The molecule has 0 saturated heterocycles. The predicted molar refractivity (Wildman–Crippen MR) is 362 cm³/mol. The van der Waals surface area contributed by atoms with Crippen molar-refractivity contribution in [3.8, 4) is 0 Å². The molecule has 0 spiro atoms. The van der Waals surface area contributed by atoms with Crippen LogP contribution in [0.1, 0.15) is 342 Å². The van der Waals surface area contributed by atoms with E-state index in [9.17, 15) is 14.4 Å². The minimum absolute atomic E-state index is 0.0842. The van der Waals surface area contributed by atoms with Gasteiger partial charge in [-0.25, -0.2) is 0 Å². The lowest BCUT2D eigenvalue weighted by Gasteiger charge is -2.18. The van der Waals surface area contributed by atoms with Gasteiger partial charge in [0, 0.05) is 19.3 Å². The van der Waals surface area contributed by atoms with E-state index in [-0.39, 0.29) is 31.1 Å². The lowest BCUT2D eigenvalue weighted by atomic mass is 10.0. The highest BCUT2D eigenvalue weighted by Crippen LogP contribution is 2.17. The smallest absolute Gasteiger partial charge is 0.306 e.